The molecule has 1 fully saturated rings. The van der Waals surface area contributed by atoms with Gasteiger partial charge >= 0.3 is 0 Å². The fourth-order valence-electron chi connectivity index (χ4n) is 4.36. The first kappa shape index (κ1) is 20.7. The number of hydrogen-bond donors (Lipinski definition) is 1. The largest absolute Gasteiger partial charge is 0.492 e. The summed E-state index contributed by atoms with van der Waals surface area (Å²) in [5.41, 5.74) is 0.712. The summed E-state index contributed by atoms with van der Waals surface area (Å²) in [7, 11) is 1.89. The number of hydrogen-bond acceptors (Lipinski definition) is 4. The number of likely N-dealkylation sites (N-methyl/N-ethyl adjacent to an activating group) is 1. The molecule has 158 valence electrons. The Balaban J connectivity index is 1.44. The van der Waals surface area contributed by atoms with Crippen LogP contribution in [0.2, 0.25) is 5.02 Å². The summed E-state index contributed by atoms with van der Waals surface area (Å²) in [5, 5.41) is 3.68. The van der Waals surface area contributed by atoms with E-state index in [9.17, 15) is 9.59 Å². The smallest absolute Gasteiger partial charge is 0.250 e. The lowest BCUT2D eigenvalue weighted by Gasteiger charge is -2.44. The number of amides is 2. The van der Waals surface area contributed by atoms with Gasteiger partial charge in [-0.05, 0) is 56.3 Å². The summed E-state index contributed by atoms with van der Waals surface area (Å²) in [6.45, 7) is 1.25. The molecule has 0 saturated heterocycles. The standard InChI is InChI=1S/C23H26ClN3O3/c1-26(14-15-30-18-10-8-17(24)9-11-18)16-21(28)27-20-7-3-2-6-19(20)25-22(29)23(27)12-4-5-13-23/h2-3,6-11H,4-5,12-16H2,1H3,(H,25,29). The molecule has 1 heterocycles. The van der Waals surface area contributed by atoms with E-state index in [4.69, 9.17) is 16.3 Å². The zero-order valence-electron chi connectivity index (χ0n) is 17.1. The summed E-state index contributed by atoms with van der Waals surface area (Å²) in [5.74, 6) is 0.611. The van der Waals surface area contributed by atoms with Gasteiger partial charge in [-0.3, -0.25) is 19.4 Å². The van der Waals surface area contributed by atoms with Crippen molar-refractivity contribution >= 4 is 34.8 Å². The van der Waals surface area contributed by atoms with Gasteiger partial charge in [0.05, 0.1) is 17.9 Å². The van der Waals surface area contributed by atoms with Crippen molar-refractivity contribution in [2.24, 2.45) is 0 Å². The van der Waals surface area contributed by atoms with E-state index in [1.54, 1.807) is 17.0 Å². The molecule has 1 aliphatic heterocycles. The number of ether oxygens (including phenoxy) is 1. The molecule has 2 aromatic carbocycles. The highest BCUT2D eigenvalue weighted by molar-refractivity contribution is 6.30. The van der Waals surface area contributed by atoms with Crippen molar-refractivity contribution in [3.8, 4) is 5.75 Å². The van der Waals surface area contributed by atoms with Crippen LogP contribution < -0.4 is 15.0 Å². The van der Waals surface area contributed by atoms with Gasteiger partial charge in [-0.2, -0.15) is 0 Å². The van der Waals surface area contributed by atoms with Crippen molar-refractivity contribution in [1.29, 1.82) is 0 Å². The Morgan fingerprint density at radius 1 is 1.17 bits per heavy atom. The average Bonchev–Trinajstić information content (AvgIpc) is 3.21. The van der Waals surface area contributed by atoms with Gasteiger partial charge < -0.3 is 10.1 Å². The van der Waals surface area contributed by atoms with Gasteiger partial charge in [0.1, 0.15) is 17.9 Å². The molecular weight excluding hydrogens is 402 g/mol. The van der Waals surface area contributed by atoms with Crippen molar-refractivity contribution in [2.75, 3.05) is 37.0 Å². The van der Waals surface area contributed by atoms with Crippen LogP contribution in [0.4, 0.5) is 11.4 Å². The number of carbonyl (C=O) groups excluding carboxylic acids is 2. The van der Waals surface area contributed by atoms with E-state index in [0.717, 1.165) is 24.3 Å². The highest BCUT2D eigenvalue weighted by atomic mass is 35.5. The van der Waals surface area contributed by atoms with Gasteiger partial charge in [-0.15, -0.1) is 0 Å². The van der Waals surface area contributed by atoms with Crippen molar-refractivity contribution in [3.63, 3.8) is 0 Å². The molecule has 1 saturated carbocycles. The number of nitrogens with zero attached hydrogens (tertiary/aromatic N) is 2. The minimum absolute atomic E-state index is 0.0619. The van der Waals surface area contributed by atoms with Gasteiger partial charge in [0, 0.05) is 11.6 Å². The number of para-hydroxylation sites is 2. The number of benzene rings is 2. The lowest BCUT2D eigenvalue weighted by Crippen LogP contribution is -2.62. The van der Waals surface area contributed by atoms with Gasteiger partial charge in [0.2, 0.25) is 5.91 Å². The molecule has 2 amide bonds. The SMILES string of the molecule is CN(CCOc1ccc(Cl)cc1)CC(=O)N1c2ccccc2NC(=O)C12CCCC2. The van der Waals surface area contributed by atoms with Crippen LogP contribution in [0.1, 0.15) is 25.7 Å². The minimum atomic E-state index is -0.772. The van der Waals surface area contributed by atoms with E-state index >= 15 is 0 Å². The minimum Gasteiger partial charge on any atom is -0.492 e. The molecule has 0 unspecified atom stereocenters. The second kappa shape index (κ2) is 8.66. The molecule has 2 aliphatic rings. The molecule has 0 radical (unpaired) electrons. The van der Waals surface area contributed by atoms with Crippen molar-refractivity contribution in [1.82, 2.24) is 4.90 Å². The summed E-state index contributed by atoms with van der Waals surface area (Å²) in [6.07, 6.45) is 3.29. The lowest BCUT2D eigenvalue weighted by atomic mass is 9.89. The van der Waals surface area contributed by atoms with Crippen LogP contribution in [0.25, 0.3) is 0 Å². The quantitative estimate of drug-likeness (QED) is 0.758. The fraction of sp³-hybridized carbons (Fsp3) is 0.391. The monoisotopic (exact) mass is 427 g/mol. The van der Waals surface area contributed by atoms with Gasteiger partial charge in [-0.1, -0.05) is 36.6 Å². The molecule has 1 aliphatic carbocycles. The number of fused-ring (bicyclic) bond motifs is 1. The van der Waals surface area contributed by atoms with Crippen LogP contribution in [-0.4, -0.2) is 49.0 Å². The molecule has 1 spiro atoms. The number of carbonyl (C=O) groups is 2. The molecular formula is C23H26ClN3O3. The topological polar surface area (TPSA) is 61.9 Å². The summed E-state index contributed by atoms with van der Waals surface area (Å²) in [4.78, 5) is 30.1. The first-order chi connectivity index (χ1) is 14.5. The Morgan fingerprint density at radius 2 is 1.87 bits per heavy atom. The normalized spacial score (nSPS) is 17.2. The predicted octanol–water partition coefficient (Wildman–Crippen LogP) is 3.95. The van der Waals surface area contributed by atoms with Gasteiger partial charge in [0.15, 0.2) is 0 Å². The third kappa shape index (κ3) is 4.02. The maximum Gasteiger partial charge on any atom is 0.250 e. The van der Waals surface area contributed by atoms with Gasteiger partial charge in [-0.25, -0.2) is 0 Å². The van der Waals surface area contributed by atoms with Crippen LogP contribution in [-0.2, 0) is 9.59 Å². The van der Waals surface area contributed by atoms with Crippen molar-refractivity contribution < 1.29 is 14.3 Å². The second-order valence-electron chi connectivity index (χ2n) is 7.98. The number of anilines is 2. The van der Waals surface area contributed by atoms with Crippen molar-refractivity contribution in [2.45, 2.75) is 31.2 Å². The average molecular weight is 428 g/mol. The molecule has 6 nitrogen and oxygen atoms in total. The second-order valence-corrected chi connectivity index (χ2v) is 8.42. The van der Waals surface area contributed by atoms with E-state index in [1.807, 2.05) is 48.3 Å². The Hall–Kier alpha value is -2.57. The van der Waals surface area contributed by atoms with Gasteiger partial charge in [0.25, 0.3) is 5.91 Å². The third-order valence-corrected chi connectivity index (χ3v) is 6.14. The maximum atomic E-state index is 13.4. The highest BCUT2D eigenvalue weighted by Gasteiger charge is 2.52. The van der Waals surface area contributed by atoms with Crippen LogP contribution in [0, 0.1) is 0 Å². The first-order valence-electron chi connectivity index (χ1n) is 10.3. The first-order valence-corrected chi connectivity index (χ1v) is 10.7. The van der Waals surface area contributed by atoms with E-state index in [1.165, 1.54) is 0 Å². The van der Waals surface area contributed by atoms with Crippen LogP contribution in [0.5, 0.6) is 5.75 Å². The molecule has 4 rings (SSSR count). The molecule has 30 heavy (non-hydrogen) atoms. The van der Waals surface area contributed by atoms with E-state index in [0.29, 0.717) is 36.7 Å². The molecule has 0 aromatic heterocycles. The summed E-state index contributed by atoms with van der Waals surface area (Å²) in [6, 6.07) is 14.7. The lowest BCUT2D eigenvalue weighted by molar-refractivity contribution is -0.127. The number of nitrogens with one attached hydrogen (secondary N) is 1. The number of halogens is 1. The summed E-state index contributed by atoms with van der Waals surface area (Å²) < 4.78 is 5.74. The van der Waals surface area contributed by atoms with Crippen LogP contribution >= 0.6 is 11.6 Å². The molecule has 0 atom stereocenters. The highest BCUT2D eigenvalue weighted by Crippen LogP contribution is 2.45. The Bertz CT molecular complexity index is 926. The predicted molar refractivity (Wildman–Crippen MR) is 118 cm³/mol. The molecule has 7 heteroatoms. The molecule has 2 aromatic rings. The van der Waals surface area contributed by atoms with E-state index < -0.39 is 5.54 Å². The van der Waals surface area contributed by atoms with Crippen LogP contribution in [0.3, 0.4) is 0 Å². The summed E-state index contributed by atoms with van der Waals surface area (Å²) >= 11 is 5.89. The molecule has 0 bridgehead atoms. The Morgan fingerprint density at radius 3 is 2.60 bits per heavy atom. The maximum absolute atomic E-state index is 13.4. The Labute approximate surface area is 181 Å². The third-order valence-electron chi connectivity index (χ3n) is 5.88. The van der Waals surface area contributed by atoms with Crippen molar-refractivity contribution in [3.05, 3.63) is 53.6 Å². The fourth-order valence-corrected chi connectivity index (χ4v) is 4.49. The van der Waals surface area contributed by atoms with E-state index in [-0.39, 0.29) is 18.4 Å². The van der Waals surface area contributed by atoms with Crippen LogP contribution in [0.15, 0.2) is 48.5 Å². The molecule has 1 N–H and O–H groups in total. The Kier molecular flexibility index (Phi) is 5.97. The zero-order chi connectivity index (χ0) is 21.1. The zero-order valence-corrected chi connectivity index (χ0v) is 17.8. The van der Waals surface area contributed by atoms with E-state index in [2.05, 4.69) is 5.32 Å². The number of rotatable bonds is 6.